The molecule has 19 heavy (non-hydrogen) atoms. The molecule has 6 heteroatoms. The van der Waals surface area contributed by atoms with Crippen LogP contribution in [0.25, 0.3) is 0 Å². The molecule has 2 N–H and O–H groups in total. The van der Waals surface area contributed by atoms with Crippen LogP contribution < -0.4 is 5.73 Å². The van der Waals surface area contributed by atoms with Crippen LogP contribution in [0.3, 0.4) is 0 Å². The molecule has 6 nitrogen and oxygen atoms in total. The lowest BCUT2D eigenvalue weighted by molar-refractivity contribution is -0.384. The van der Waals surface area contributed by atoms with Gasteiger partial charge in [0.05, 0.1) is 11.0 Å². The van der Waals surface area contributed by atoms with Crippen LogP contribution in [0.4, 0.5) is 11.4 Å². The molecule has 0 aliphatic rings. The van der Waals surface area contributed by atoms with Gasteiger partial charge in [0.15, 0.2) is 0 Å². The molecule has 0 saturated carbocycles. The first-order valence-electron chi connectivity index (χ1n) is 6.09. The Hall–Kier alpha value is -2.13. The zero-order valence-corrected chi connectivity index (χ0v) is 11.2. The molecule has 0 aliphatic carbocycles. The Morgan fingerprint density at radius 1 is 1.53 bits per heavy atom. The zero-order valence-electron chi connectivity index (χ0n) is 11.2. The number of nitrogens with zero attached hydrogens (tertiary/aromatic N) is 3. The Morgan fingerprint density at radius 3 is 2.74 bits per heavy atom. The summed E-state index contributed by atoms with van der Waals surface area (Å²) in [7, 11) is 0. The first kappa shape index (κ1) is 14.9. The number of anilines is 1. The number of rotatable bonds is 6. The van der Waals surface area contributed by atoms with Gasteiger partial charge in [-0.05, 0) is 25.5 Å². The van der Waals surface area contributed by atoms with Crippen molar-refractivity contribution in [2.75, 3.05) is 12.3 Å². The largest absolute Gasteiger partial charge is 0.393 e. The van der Waals surface area contributed by atoms with Crippen molar-refractivity contribution in [2.24, 2.45) is 0 Å². The summed E-state index contributed by atoms with van der Waals surface area (Å²) in [6.07, 6.45) is 0.440. The van der Waals surface area contributed by atoms with E-state index in [0.29, 0.717) is 19.5 Å². The van der Waals surface area contributed by atoms with Gasteiger partial charge >= 0.3 is 0 Å². The van der Waals surface area contributed by atoms with Crippen LogP contribution in [0, 0.1) is 21.4 Å². The first-order chi connectivity index (χ1) is 8.95. The standard InChI is InChI=1S/C13H18N4O2/c1-10(2)16(7-3-6-14)9-11-4-5-12(15)13(8-11)17(18)19/h4-5,8,10H,3,7,9,15H2,1-2H3. The van der Waals surface area contributed by atoms with Gasteiger partial charge in [0.2, 0.25) is 0 Å². The number of nitrogens with two attached hydrogens (primary N) is 1. The van der Waals surface area contributed by atoms with Crippen LogP contribution in [0.1, 0.15) is 25.8 Å². The second kappa shape index (κ2) is 6.71. The predicted molar refractivity (Wildman–Crippen MR) is 73.3 cm³/mol. The van der Waals surface area contributed by atoms with E-state index in [1.807, 2.05) is 13.8 Å². The van der Waals surface area contributed by atoms with E-state index in [-0.39, 0.29) is 17.4 Å². The fourth-order valence-electron chi connectivity index (χ4n) is 1.79. The molecular formula is C13H18N4O2. The highest BCUT2D eigenvalue weighted by atomic mass is 16.6. The lowest BCUT2D eigenvalue weighted by Gasteiger charge is -2.25. The summed E-state index contributed by atoms with van der Waals surface area (Å²) in [5.74, 6) is 0. The molecule has 0 aromatic heterocycles. The van der Waals surface area contributed by atoms with Gasteiger partial charge in [0.1, 0.15) is 5.69 Å². The quantitative estimate of drug-likeness (QED) is 0.482. The molecule has 1 aromatic rings. The normalized spacial score (nSPS) is 10.7. The van der Waals surface area contributed by atoms with Gasteiger partial charge < -0.3 is 5.73 Å². The van der Waals surface area contributed by atoms with Gasteiger partial charge in [0.25, 0.3) is 5.69 Å². The van der Waals surface area contributed by atoms with Crippen LogP contribution in [0.5, 0.6) is 0 Å². The van der Waals surface area contributed by atoms with E-state index in [4.69, 9.17) is 11.0 Å². The van der Waals surface area contributed by atoms with Crippen LogP contribution in [0.2, 0.25) is 0 Å². The van der Waals surface area contributed by atoms with Gasteiger partial charge in [-0.3, -0.25) is 15.0 Å². The van der Waals surface area contributed by atoms with Crippen molar-refractivity contribution < 1.29 is 4.92 Å². The summed E-state index contributed by atoms with van der Waals surface area (Å²) in [6, 6.07) is 7.21. The number of nitrogen functional groups attached to an aromatic ring is 1. The lowest BCUT2D eigenvalue weighted by atomic mass is 10.1. The third-order valence-corrected chi connectivity index (χ3v) is 2.92. The smallest absolute Gasteiger partial charge is 0.292 e. The van der Waals surface area contributed by atoms with Crippen molar-refractivity contribution in [3.8, 4) is 6.07 Å². The Kier molecular flexibility index (Phi) is 5.27. The highest BCUT2D eigenvalue weighted by Gasteiger charge is 2.15. The van der Waals surface area contributed by atoms with Crippen molar-refractivity contribution in [3.05, 3.63) is 33.9 Å². The SMILES string of the molecule is CC(C)N(CCC#N)Cc1ccc(N)c([N+](=O)[O-])c1. The summed E-state index contributed by atoms with van der Waals surface area (Å²) < 4.78 is 0. The van der Waals surface area contributed by atoms with Crippen LogP contribution in [-0.4, -0.2) is 22.4 Å². The molecule has 102 valence electrons. The molecule has 0 fully saturated rings. The molecule has 1 rings (SSSR count). The molecular weight excluding hydrogens is 244 g/mol. The number of nitriles is 1. The highest BCUT2D eigenvalue weighted by Crippen LogP contribution is 2.23. The van der Waals surface area contributed by atoms with Crippen molar-refractivity contribution in [2.45, 2.75) is 32.9 Å². The molecule has 1 aromatic carbocycles. The maximum Gasteiger partial charge on any atom is 0.292 e. The Bertz CT molecular complexity index is 494. The number of benzene rings is 1. The minimum atomic E-state index is -0.478. The summed E-state index contributed by atoms with van der Waals surface area (Å²) in [5, 5.41) is 19.5. The molecule has 0 spiro atoms. The van der Waals surface area contributed by atoms with Crippen LogP contribution in [-0.2, 0) is 6.54 Å². The minimum Gasteiger partial charge on any atom is -0.393 e. The first-order valence-corrected chi connectivity index (χ1v) is 6.09. The van der Waals surface area contributed by atoms with E-state index in [2.05, 4.69) is 11.0 Å². The maximum absolute atomic E-state index is 10.8. The molecule has 0 bridgehead atoms. The molecule has 0 amide bonds. The van der Waals surface area contributed by atoms with Gasteiger partial charge in [-0.2, -0.15) is 5.26 Å². The summed E-state index contributed by atoms with van der Waals surface area (Å²) in [5.41, 5.74) is 6.49. The Morgan fingerprint density at radius 2 is 2.21 bits per heavy atom. The number of hydrogen-bond donors (Lipinski definition) is 1. The van der Waals surface area contributed by atoms with E-state index in [1.54, 1.807) is 12.1 Å². The molecule has 0 aliphatic heterocycles. The van der Waals surface area contributed by atoms with Crippen LogP contribution >= 0.6 is 0 Å². The van der Waals surface area contributed by atoms with Crippen LogP contribution in [0.15, 0.2) is 18.2 Å². The summed E-state index contributed by atoms with van der Waals surface area (Å²) >= 11 is 0. The second-order valence-corrected chi connectivity index (χ2v) is 4.62. The Balaban J connectivity index is 2.88. The molecule has 0 saturated heterocycles. The van der Waals surface area contributed by atoms with Gasteiger partial charge in [-0.15, -0.1) is 0 Å². The molecule has 0 radical (unpaired) electrons. The van der Waals surface area contributed by atoms with E-state index in [1.165, 1.54) is 6.07 Å². The number of nitro benzene ring substituents is 1. The van der Waals surface area contributed by atoms with Gasteiger partial charge in [-0.25, -0.2) is 0 Å². The lowest BCUT2D eigenvalue weighted by Crippen LogP contribution is -2.31. The molecule has 0 atom stereocenters. The van der Waals surface area contributed by atoms with Gasteiger partial charge in [0, 0.05) is 31.6 Å². The Labute approximate surface area is 112 Å². The van der Waals surface area contributed by atoms with Crippen molar-refractivity contribution in [1.82, 2.24) is 4.90 Å². The number of nitro groups is 1. The van der Waals surface area contributed by atoms with E-state index in [9.17, 15) is 10.1 Å². The molecule has 0 heterocycles. The number of hydrogen-bond acceptors (Lipinski definition) is 5. The zero-order chi connectivity index (χ0) is 14.4. The second-order valence-electron chi connectivity index (χ2n) is 4.62. The molecule has 0 unspecified atom stereocenters. The third-order valence-electron chi connectivity index (χ3n) is 2.92. The fourth-order valence-corrected chi connectivity index (χ4v) is 1.79. The van der Waals surface area contributed by atoms with E-state index in [0.717, 1.165) is 5.56 Å². The van der Waals surface area contributed by atoms with Crippen molar-refractivity contribution in [3.63, 3.8) is 0 Å². The van der Waals surface area contributed by atoms with Gasteiger partial charge in [-0.1, -0.05) is 6.07 Å². The third kappa shape index (κ3) is 4.23. The summed E-state index contributed by atoms with van der Waals surface area (Å²) in [6.45, 7) is 5.28. The maximum atomic E-state index is 10.8. The predicted octanol–water partition coefficient (Wildman–Crippen LogP) is 2.30. The topological polar surface area (TPSA) is 96.2 Å². The van der Waals surface area contributed by atoms with E-state index < -0.39 is 4.92 Å². The minimum absolute atomic E-state index is 0.0681. The monoisotopic (exact) mass is 262 g/mol. The average Bonchev–Trinajstić information content (AvgIpc) is 2.35. The summed E-state index contributed by atoms with van der Waals surface area (Å²) in [4.78, 5) is 12.5. The van der Waals surface area contributed by atoms with E-state index >= 15 is 0 Å². The van der Waals surface area contributed by atoms with Crippen molar-refractivity contribution in [1.29, 1.82) is 5.26 Å². The average molecular weight is 262 g/mol. The fraction of sp³-hybridized carbons (Fsp3) is 0.462. The van der Waals surface area contributed by atoms with Crippen molar-refractivity contribution >= 4 is 11.4 Å². The highest BCUT2D eigenvalue weighted by molar-refractivity contribution is 5.59.